The molecule has 0 aliphatic carbocycles. The number of allylic oxidation sites excluding steroid dienone is 2. The van der Waals surface area contributed by atoms with Gasteiger partial charge in [0.05, 0.1) is 0 Å². The third kappa shape index (κ3) is 7.79. The zero-order valence-corrected chi connectivity index (χ0v) is 15.4. The quantitative estimate of drug-likeness (QED) is 0.455. The van der Waals surface area contributed by atoms with Gasteiger partial charge in [-0.1, -0.05) is 62.2 Å². The summed E-state index contributed by atoms with van der Waals surface area (Å²) in [5, 5.41) is 3.58. The van der Waals surface area contributed by atoms with E-state index in [-0.39, 0.29) is 0 Å². The van der Waals surface area contributed by atoms with Crippen molar-refractivity contribution >= 4 is 0 Å². The Morgan fingerprint density at radius 1 is 1.09 bits per heavy atom. The van der Waals surface area contributed by atoms with Crippen LogP contribution < -0.4 is 5.32 Å². The SMILES string of the molecule is CC(C)=CC(CCNCC(C)C)C[C@H](C)c1ccc(C)cc1. The van der Waals surface area contributed by atoms with E-state index in [1.165, 1.54) is 29.5 Å². The lowest BCUT2D eigenvalue weighted by Crippen LogP contribution is -2.22. The van der Waals surface area contributed by atoms with E-state index < -0.39 is 0 Å². The standard InChI is InChI=1S/C21H35N/c1-16(2)13-20(11-12-22-15-17(3)4)14-19(6)21-9-7-18(5)8-10-21/h7-10,13,17,19-20,22H,11-12,14-15H2,1-6H3/t19-,20?/m0/s1. The Morgan fingerprint density at radius 3 is 2.27 bits per heavy atom. The number of hydrogen-bond donors (Lipinski definition) is 1. The van der Waals surface area contributed by atoms with Crippen molar-refractivity contribution in [1.29, 1.82) is 0 Å². The molecule has 0 aliphatic rings. The summed E-state index contributed by atoms with van der Waals surface area (Å²) < 4.78 is 0. The Bertz CT molecular complexity index is 437. The first-order valence-electron chi connectivity index (χ1n) is 8.80. The Kier molecular flexibility index (Phi) is 8.48. The van der Waals surface area contributed by atoms with E-state index in [2.05, 4.69) is 77.2 Å². The molecule has 0 saturated carbocycles. The maximum atomic E-state index is 3.58. The molecule has 0 spiro atoms. The van der Waals surface area contributed by atoms with Gasteiger partial charge in [-0.25, -0.2) is 0 Å². The highest BCUT2D eigenvalue weighted by Crippen LogP contribution is 2.26. The molecule has 0 bridgehead atoms. The molecule has 1 nitrogen and oxygen atoms in total. The molecule has 1 rings (SSSR count). The van der Waals surface area contributed by atoms with Gasteiger partial charge in [-0.15, -0.1) is 0 Å². The molecular weight excluding hydrogens is 266 g/mol. The summed E-state index contributed by atoms with van der Waals surface area (Å²) in [5.74, 6) is 2.01. The molecular formula is C21H35N. The monoisotopic (exact) mass is 301 g/mol. The van der Waals surface area contributed by atoms with Gasteiger partial charge in [0.1, 0.15) is 0 Å². The summed E-state index contributed by atoms with van der Waals surface area (Å²) in [5.41, 5.74) is 4.24. The Balaban J connectivity index is 2.56. The van der Waals surface area contributed by atoms with Gasteiger partial charge in [-0.3, -0.25) is 0 Å². The van der Waals surface area contributed by atoms with Gasteiger partial charge in [0.15, 0.2) is 0 Å². The maximum absolute atomic E-state index is 3.58. The first kappa shape index (κ1) is 19.0. The number of rotatable bonds is 9. The van der Waals surface area contributed by atoms with Gasteiger partial charge in [-0.05, 0) is 70.0 Å². The van der Waals surface area contributed by atoms with Crippen LogP contribution in [0.1, 0.15) is 64.5 Å². The molecule has 0 amide bonds. The van der Waals surface area contributed by atoms with Gasteiger partial charge in [0.25, 0.3) is 0 Å². The third-order valence-electron chi connectivity index (χ3n) is 4.12. The van der Waals surface area contributed by atoms with Crippen LogP contribution in [0.25, 0.3) is 0 Å². The van der Waals surface area contributed by atoms with E-state index in [4.69, 9.17) is 0 Å². The highest BCUT2D eigenvalue weighted by molar-refractivity contribution is 5.24. The minimum atomic E-state index is 0.617. The second-order valence-corrected chi connectivity index (χ2v) is 7.44. The van der Waals surface area contributed by atoms with E-state index in [1.54, 1.807) is 0 Å². The van der Waals surface area contributed by atoms with Crippen LogP contribution in [0.2, 0.25) is 0 Å². The van der Waals surface area contributed by atoms with E-state index in [0.717, 1.165) is 19.0 Å². The minimum absolute atomic E-state index is 0.617. The fraction of sp³-hybridized carbons (Fsp3) is 0.619. The molecule has 1 unspecified atom stereocenters. The Labute approximate surface area is 138 Å². The molecule has 1 aromatic rings. The molecule has 0 radical (unpaired) electrons. The van der Waals surface area contributed by atoms with E-state index in [0.29, 0.717) is 11.8 Å². The molecule has 1 N–H and O–H groups in total. The number of benzene rings is 1. The minimum Gasteiger partial charge on any atom is -0.316 e. The first-order chi connectivity index (χ1) is 10.4. The van der Waals surface area contributed by atoms with Crippen molar-refractivity contribution in [3.8, 4) is 0 Å². The first-order valence-corrected chi connectivity index (χ1v) is 8.80. The third-order valence-corrected chi connectivity index (χ3v) is 4.12. The summed E-state index contributed by atoms with van der Waals surface area (Å²) in [6.07, 6.45) is 4.92. The van der Waals surface area contributed by atoms with Crippen LogP contribution in [-0.2, 0) is 0 Å². The molecule has 0 fully saturated rings. The van der Waals surface area contributed by atoms with E-state index in [9.17, 15) is 0 Å². The largest absolute Gasteiger partial charge is 0.316 e. The fourth-order valence-corrected chi connectivity index (χ4v) is 2.90. The summed E-state index contributed by atoms with van der Waals surface area (Å²) in [6, 6.07) is 9.03. The Hall–Kier alpha value is -1.08. The van der Waals surface area contributed by atoms with Crippen molar-refractivity contribution in [1.82, 2.24) is 5.32 Å². The predicted octanol–water partition coefficient (Wildman–Crippen LogP) is 5.71. The van der Waals surface area contributed by atoms with Crippen LogP contribution in [-0.4, -0.2) is 13.1 Å². The summed E-state index contributed by atoms with van der Waals surface area (Å²) >= 11 is 0. The molecule has 1 heteroatoms. The molecule has 0 aromatic heterocycles. The smallest absolute Gasteiger partial charge is 0.00258 e. The van der Waals surface area contributed by atoms with Crippen LogP contribution >= 0.6 is 0 Å². The van der Waals surface area contributed by atoms with Crippen molar-refractivity contribution in [3.63, 3.8) is 0 Å². The number of hydrogen-bond acceptors (Lipinski definition) is 1. The highest BCUT2D eigenvalue weighted by atomic mass is 14.8. The van der Waals surface area contributed by atoms with Gasteiger partial charge in [-0.2, -0.15) is 0 Å². The van der Waals surface area contributed by atoms with Gasteiger partial charge >= 0.3 is 0 Å². The van der Waals surface area contributed by atoms with Gasteiger partial charge < -0.3 is 5.32 Å². The van der Waals surface area contributed by atoms with Crippen LogP contribution in [0, 0.1) is 18.8 Å². The molecule has 0 saturated heterocycles. The normalized spacial score (nSPS) is 14.0. The van der Waals surface area contributed by atoms with Crippen LogP contribution in [0.3, 0.4) is 0 Å². The van der Waals surface area contributed by atoms with Gasteiger partial charge in [0, 0.05) is 0 Å². The van der Waals surface area contributed by atoms with Crippen molar-refractivity contribution in [2.24, 2.45) is 11.8 Å². The maximum Gasteiger partial charge on any atom is -0.00258 e. The average molecular weight is 302 g/mol. The van der Waals surface area contributed by atoms with Crippen molar-refractivity contribution in [2.45, 2.75) is 60.3 Å². The zero-order valence-electron chi connectivity index (χ0n) is 15.4. The lowest BCUT2D eigenvalue weighted by Gasteiger charge is -2.20. The number of aryl methyl sites for hydroxylation is 1. The predicted molar refractivity (Wildman–Crippen MR) is 99.5 cm³/mol. The topological polar surface area (TPSA) is 12.0 Å². The summed E-state index contributed by atoms with van der Waals surface area (Å²) in [6.45, 7) is 15.7. The summed E-state index contributed by atoms with van der Waals surface area (Å²) in [4.78, 5) is 0. The second-order valence-electron chi connectivity index (χ2n) is 7.44. The van der Waals surface area contributed by atoms with E-state index >= 15 is 0 Å². The second kappa shape index (κ2) is 9.84. The van der Waals surface area contributed by atoms with Crippen LogP contribution in [0.4, 0.5) is 0 Å². The summed E-state index contributed by atoms with van der Waals surface area (Å²) in [7, 11) is 0. The molecule has 0 aliphatic heterocycles. The highest BCUT2D eigenvalue weighted by Gasteiger charge is 2.13. The average Bonchev–Trinajstić information content (AvgIpc) is 2.43. The molecule has 0 heterocycles. The number of nitrogens with one attached hydrogen (secondary N) is 1. The van der Waals surface area contributed by atoms with Crippen LogP contribution in [0.15, 0.2) is 35.9 Å². The van der Waals surface area contributed by atoms with E-state index in [1.807, 2.05) is 0 Å². The van der Waals surface area contributed by atoms with Crippen molar-refractivity contribution in [2.75, 3.05) is 13.1 Å². The lowest BCUT2D eigenvalue weighted by atomic mass is 9.87. The van der Waals surface area contributed by atoms with Crippen molar-refractivity contribution < 1.29 is 0 Å². The molecule has 124 valence electrons. The van der Waals surface area contributed by atoms with Crippen LogP contribution in [0.5, 0.6) is 0 Å². The Morgan fingerprint density at radius 2 is 1.73 bits per heavy atom. The van der Waals surface area contributed by atoms with Crippen molar-refractivity contribution in [3.05, 3.63) is 47.0 Å². The zero-order chi connectivity index (χ0) is 16.5. The van der Waals surface area contributed by atoms with Gasteiger partial charge in [0.2, 0.25) is 0 Å². The molecule has 22 heavy (non-hydrogen) atoms. The fourth-order valence-electron chi connectivity index (χ4n) is 2.90. The molecule has 1 aromatic carbocycles. The lowest BCUT2D eigenvalue weighted by molar-refractivity contribution is 0.460. The molecule has 2 atom stereocenters.